The van der Waals surface area contributed by atoms with E-state index in [0.717, 1.165) is 27.6 Å². The number of methoxy groups -OCH3 is 1. The second-order valence-electron chi connectivity index (χ2n) is 4.87. The monoisotopic (exact) mass is 297 g/mol. The van der Waals surface area contributed by atoms with Crippen molar-refractivity contribution in [3.05, 3.63) is 54.9 Å². The minimum absolute atomic E-state index is 0.0443. The van der Waals surface area contributed by atoms with Crippen molar-refractivity contribution in [2.45, 2.75) is 0 Å². The summed E-state index contributed by atoms with van der Waals surface area (Å²) in [5.41, 5.74) is 1.98. The lowest BCUT2D eigenvalue weighted by atomic mass is 10.0. The largest absolute Gasteiger partial charge is 0.497 e. The van der Waals surface area contributed by atoms with E-state index >= 15 is 0 Å². The van der Waals surface area contributed by atoms with Crippen LogP contribution in [0.25, 0.3) is 21.9 Å². The van der Waals surface area contributed by atoms with Gasteiger partial charge in [0.05, 0.1) is 13.3 Å². The van der Waals surface area contributed by atoms with Crippen molar-refractivity contribution in [1.82, 2.24) is 4.98 Å². The first-order valence-corrected chi connectivity index (χ1v) is 7.02. The standard InChI is InChI=1S/C18H16FNO2/c1-21-17-5-4-13-8-14(2-3-15(13)9-17)16-10-18(12-20-11-16)22-7-6-19/h2-5,8-12H,6-7H2,1H3. The quantitative estimate of drug-likeness (QED) is 0.705. The molecule has 112 valence electrons. The van der Waals surface area contributed by atoms with E-state index in [4.69, 9.17) is 9.47 Å². The topological polar surface area (TPSA) is 31.4 Å². The highest BCUT2D eigenvalue weighted by Gasteiger charge is 2.04. The molecule has 0 spiro atoms. The lowest BCUT2D eigenvalue weighted by Gasteiger charge is -2.08. The zero-order chi connectivity index (χ0) is 15.4. The molecule has 22 heavy (non-hydrogen) atoms. The van der Waals surface area contributed by atoms with Crippen LogP contribution >= 0.6 is 0 Å². The third kappa shape index (κ3) is 3.01. The van der Waals surface area contributed by atoms with Crippen molar-refractivity contribution in [3.8, 4) is 22.6 Å². The van der Waals surface area contributed by atoms with Crippen LogP contribution in [0.15, 0.2) is 54.9 Å². The molecule has 0 fully saturated rings. The molecule has 3 rings (SSSR count). The van der Waals surface area contributed by atoms with E-state index in [2.05, 4.69) is 11.1 Å². The van der Waals surface area contributed by atoms with Crippen molar-refractivity contribution >= 4 is 10.8 Å². The van der Waals surface area contributed by atoms with Crippen molar-refractivity contribution in [2.75, 3.05) is 20.4 Å². The Hall–Kier alpha value is -2.62. The molecule has 0 saturated heterocycles. The van der Waals surface area contributed by atoms with E-state index in [1.807, 2.05) is 36.4 Å². The van der Waals surface area contributed by atoms with Gasteiger partial charge in [0.15, 0.2) is 0 Å². The van der Waals surface area contributed by atoms with Crippen LogP contribution in [0, 0.1) is 0 Å². The highest BCUT2D eigenvalue weighted by Crippen LogP contribution is 2.28. The molecule has 0 atom stereocenters. The van der Waals surface area contributed by atoms with Gasteiger partial charge in [-0.25, -0.2) is 4.39 Å². The summed E-state index contributed by atoms with van der Waals surface area (Å²) < 4.78 is 22.7. The number of benzene rings is 2. The van der Waals surface area contributed by atoms with Gasteiger partial charge in [0.1, 0.15) is 24.8 Å². The highest BCUT2D eigenvalue weighted by molar-refractivity contribution is 5.88. The first kappa shape index (κ1) is 14.3. The summed E-state index contributed by atoms with van der Waals surface area (Å²) in [7, 11) is 1.66. The van der Waals surface area contributed by atoms with Gasteiger partial charge in [0.25, 0.3) is 0 Å². The molecule has 0 saturated carbocycles. The molecule has 0 aliphatic heterocycles. The zero-order valence-corrected chi connectivity index (χ0v) is 12.3. The minimum Gasteiger partial charge on any atom is -0.497 e. The van der Waals surface area contributed by atoms with Crippen LogP contribution in [-0.2, 0) is 0 Å². The average molecular weight is 297 g/mol. The molecule has 0 aliphatic carbocycles. The Balaban J connectivity index is 1.96. The van der Waals surface area contributed by atoms with Gasteiger partial charge >= 0.3 is 0 Å². The van der Waals surface area contributed by atoms with E-state index in [-0.39, 0.29) is 6.61 Å². The molecule has 0 bridgehead atoms. The molecule has 4 heteroatoms. The predicted molar refractivity (Wildman–Crippen MR) is 85.2 cm³/mol. The van der Waals surface area contributed by atoms with E-state index in [0.29, 0.717) is 5.75 Å². The van der Waals surface area contributed by atoms with Gasteiger partial charge < -0.3 is 9.47 Å². The van der Waals surface area contributed by atoms with Gasteiger partial charge in [-0.15, -0.1) is 0 Å². The predicted octanol–water partition coefficient (Wildman–Crippen LogP) is 4.26. The summed E-state index contributed by atoms with van der Waals surface area (Å²) in [6.45, 7) is -0.468. The molecule has 0 aliphatic rings. The smallest absolute Gasteiger partial charge is 0.138 e. The second kappa shape index (κ2) is 6.43. The van der Waals surface area contributed by atoms with Crippen LogP contribution in [0.2, 0.25) is 0 Å². The van der Waals surface area contributed by atoms with Gasteiger partial charge in [-0.05, 0) is 40.6 Å². The number of halogens is 1. The Kier molecular flexibility index (Phi) is 4.19. The van der Waals surface area contributed by atoms with Gasteiger partial charge in [0, 0.05) is 11.8 Å². The third-order valence-electron chi connectivity index (χ3n) is 3.44. The fourth-order valence-corrected chi connectivity index (χ4v) is 2.34. The van der Waals surface area contributed by atoms with E-state index in [1.165, 1.54) is 0 Å². The molecule has 3 aromatic rings. The van der Waals surface area contributed by atoms with Gasteiger partial charge in [-0.3, -0.25) is 4.98 Å². The van der Waals surface area contributed by atoms with E-state index in [9.17, 15) is 4.39 Å². The summed E-state index contributed by atoms with van der Waals surface area (Å²) in [6, 6.07) is 14.0. The molecular weight excluding hydrogens is 281 g/mol. The summed E-state index contributed by atoms with van der Waals surface area (Å²) in [6.07, 6.45) is 3.36. The Morgan fingerprint density at radius 3 is 2.55 bits per heavy atom. The van der Waals surface area contributed by atoms with Crippen LogP contribution in [0.5, 0.6) is 11.5 Å². The van der Waals surface area contributed by atoms with Crippen LogP contribution in [0.1, 0.15) is 0 Å². The number of ether oxygens (including phenoxy) is 2. The number of aromatic nitrogens is 1. The molecule has 0 radical (unpaired) electrons. The second-order valence-corrected chi connectivity index (χ2v) is 4.87. The first-order chi connectivity index (χ1) is 10.8. The number of alkyl halides is 1. The van der Waals surface area contributed by atoms with Crippen LogP contribution < -0.4 is 9.47 Å². The van der Waals surface area contributed by atoms with Gasteiger partial charge in [-0.2, -0.15) is 0 Å². The summed E-state index contributed by atoms with van der Waals surface area (Å²) >= 11 is 0. The fraction of sp³-hybridized carbons (Fsp3) is 0.167. The summed E-state index contributed by atoms with van der Waals surface area (Å²) in [5.74, 6) is 1.41. The average Bonchev–Trinajstić information content (AvgIpc) is 2.59. The molecule has 1 heterocycles. The number of hydrogen-bond acceptors (Lipinski definition) is 3. The van der Waals surface area contributed by atoms with E-state index < -0.39 is 6.67 Å². The molecule has 2 aromatic carbocycles. The van der Waals surface area contributed by atoms with Crippen molar-refractivity contribution < 1.29 is 13.9 Å². The number of fused-ring (bicyclic) bond motifs is 1. The maximum absolute atomic E-state index is 12.2. The molecule has 0 N–H and O–H groups in total. The maximum Gasteiger partial charge on any atom is 0.138 e. The van der Waals surface area contributed by atoms with E-state index in [1.54, 1.807) is 19.5 Å². The number of rotatable bonds is 5. The number of pyridine rings is 1. The van der Waals surface area contributed by atoms with Gasteiger partial charge in [0.2, 0.25) is 0 Å². The molecule has 0 amide bonds. The lowest BCUT2D eigenvalue weighted by Crippen LogP contribution is -1.99. The van der Waals surface area contributed by atoms with Crippen LogP contribution in [0.4, 0.5) is 4.39 Å². The maximum atomic E-state index is 12.2. The normalized spacial score (nSPS) is 10.6. The highest BCUT2D eigenvalue weighted by atomic mass is 19.1. The Bertz CT molecular complexity index is 789. The zero-order valence-electron chi connectivity index (χ0n) is 12.3. The Labute approximate surface area is 128 Å². The van der Waals surface area contributed by atoms with Crippen molar-refractivity contribution in [1.29, 1.82) is 0 Å². The third-order valence-corrected chi connectivity index (χ3v) is 3.44. The molecule has 0 unspecified atom stereocenters. The van der Waals surface area contributed by atoms with Gasteiger partial charge in [-0.1, -0.05) is 18.2 Å². The van der Waals surface area contributed by atoms with Crippen molar-refractivity contribution in [3.63, 3.8) is 0 Å². The fourth-order valence-electron chi connectivity index (χ4n) is 2.34. The number of hydrogen-bond donors (Lipinski definition) is 0. The minimum atomic E-state index is -0.512. The van der Waals surface area contributed by atoms with Crippen LogP contribution in [0.3, 0.4) is 0 Å². The first-order valence-electron chi connectivity index (χ1n) is 7.02. The van der Waals surface area contributed by atoms with Crippen molar-refractivity contribution in [2.24, 2.45) is 0 Å². The SMILES string of the molecule is COc1ccc2cc(-c3cncc(OCCF)c3)ccc2c1. The lowest BCUT2D eigenvalue weighted by molar-refractivity contribution is 0.272. The molecule has 3 nitrogen and oxygen atoms in total. The summed E-state index contributed by atoms with van der Waals surface area (Å²) in [4.78, 5) is 4.15. The van der Waals surface area contributed by atoms with Crippen LogP contribution in [-0.4, -0.2) is 25.4 Å². The molecule has 1 aromatic heterocycles. The molecular formula is C18H16FNO2. The number of nitrogens with zero attached hydrogens (tertiary/aromatic N) is 1. The Morgan fingerprint density at radius 1 is 0.909 bits per heavy atom. The summed E-state index contributed by atoms with van der Waals surface area (Å²) in [5, 5.41) is 2.23. The Morgan fingerprint density at radius 2 is 1.73 bits per heavy atom.